The highest BCUT2D eigenvalue weighted by atomic mass is 32.1. The summed E-state index contributed by atoms with van der Waals surface area (Å²) < 4.78 is 5.13. The van der Waals surface area contributed by atoms with E-state index in [4.69, 9.17) is 4.74 Å². The van der Waals surface area contributed by atoms with Crippen molar-refractivity contribution in [1.82, 2.24) is 10.3 Å². The largest absolute Gasteiger partial charge is 0.455 e. The smallest absolute Gasteiger partial charge is 0.312 e. The van der Waals surface area contributed by atoms with E-state index >= 15 is 0 Å². The Morgan fingerprint density at radius 3 is 2.89 bits per heavy atom. The van der Waals surface area contributed by atoms with Gasteiger partial charge in [0, 0.05) is 17.0 Å². The number of hydrogen-bond acceptors (Lipinski definition) is 5. The molecule has 0 radical (unpaired) electrons. The molecule has 144 valence electrons. The van der Waals surface area contributed by atoms with E-state index < -0.39 is 5.97 Å². The average molecular weight is 387 g/mol. The number of carbonyl (C=O) groups is 2. The number of nitrogens with one attached hydrogen (secondary N) is 1. The average Bonchev–Trinajstić information content (AvgIpc) is 3.10. The van der Waals surface area contributed by atoms with Crippen LogP contribution in [0.2, 0.25) is 0 Å². The third-order valence-electron chi connectivity index (χ3n) is 4.96. The van der Waals surface area contributed by atoms with Crippen LogP contribution in [0.4, 0.5) is 0 Å². The summed E-state index contributed by atoms with van der Waals surface area (Å²) in [6, 6.07) is 8.29. The number of rotatable bonds is 6. The van der Waals surface area contributed by atoms with E-state index in [0.717, 1.165) is 29.8 Å². The van der Waals surface area contributed by atoms with Crippen LogP contribution in [-0.2, 0) is 20.7 Å². The highest BCUT2D eigenvalue weighted by molar-refractivity contribution is 7.13. The molecule has 1 aromatic carbocycles. The summed E-state index contributed by atoms with van der Waals surface area (Å²) in [5.74, 6) is -0.169. The minimum absolute atomic E-state index is 0.0788. The number of amides is 1. The van der Waals surface area contributed by atoms with Crippen LogP contribution in [-0.4, -0.2) is 29.5 Å². The normalized spacial score (nSPS) is 19.5. The van der Waals surface area contributed by atoms with Gasteiger partial charge in [0.05, 0.1) is 12.1 Å². The molecule has 27 heavy (non-hydrogen) atoms. The standard InChI is InChI=1S/C21H26N2O3S/c1-14-6-5-8-16(10-14)21-22-17(13-27-21)11-20(25)26-12-19(24)23-18-9-4-3-7-15(18)2/h5-6,8,10,13,15,18H,3-4,7,9,11-12H2,1-2H3,(H,23,24)/t15-,18+/m1/s1. The number of esters is 1. The van der Waals surface area contributed by atoms with Crippen LogP contribution in [0.3, 0.4) is 0 Å². The van der Waals surface area contributed by atoms with E-state index in [1.165, 1.54) is 23.3 Å². The lowest BCUT2D eigenvalue weighted by atomic mass is 9.86. The SMILES string of the molecule is Cc1cccc(-c2nc(CC(=O)OCC(=O)N[C@H]3CCCC[C@H]3C)cs2)c1. The lowest BCUT2D eigenvalue weighted by molar-refractivity contribution is -0.148. The van der Waals surface area contributed by atoms with Crippen molar-refractivity contribution < 1.29 is 14.3 Å². The third kappa shape index (κ3) is 5.63. The molecule has 0 bridgehead atoms. The second-order valence-corrected chi connectivity index (χ2v) is 8.14. The van der Waals surface area contributed by atoms with Gasteiger partial charge in [-0.3, -0.25) is 9.59 Å². The first kappa shape index (κ1) is 19.5. The third-order valence-corrected chi connectivity index (χ3v) is 5.90. The monoisotopic (exact) mass is 386 g/mol. The topological polar surface area (TPSA) is 68.3 Å². The van der Waals surface area contributed by atoms with Gasteiger partial charge in [0.1, 0.15) is 5.01 Å². The van der Waals surface area contributed by atoms with E-state index in [1.807, 2.05) is 30.5 Å². The van der Waals surface area contributed by atoms with E-state index in [0.29, 0.717) is 11.6 Å². The van der Waals surface area contributed by atoms with Gasteiger partial charge in [0.15, 0.2) is 6.61 Å². The molecule has 1 amide bonds. The minimum atomic E-state index is -0.428. The Labute approximate surface area is 164 Å². The predicted molar refractivity (Wildman–Crippen MR) is 107 cm³/mol. The number of nitrogens with zero attached hydrogens (tertiary/aromatic N) is 1. The van der Waals surface area contributed by atoms with Crippen LogP contribution in [0, 0.1) is 12.8 Å². The van der Waals surface area contributed by atoms with E-state index in [2.05, 4.69) is 23.3 Å². The lowest BCUT2D eigenvalue weighted by Crippen LogP contribution is -2.42. The summed E-state index contributed by atoms with van der Waals surface area (Å²) in [6.45, 7) is 3.97. The molecule has 1 heterocycles. The van der Waals surface area contributed by atoms with E-state index in [1.54, 1.807) is 0 Å². The molecule has 0 aliphatic heterocycles. The Bertz CT molecular complexity index is 802. The molecule has 3 rings (SSSR count). The molecule has 2 aromatic rings. The number of ether oxygens (including phenoxy) is 1. The summed E-state index contributed by atoms with van der Waals surface area (Å²) in [7, 11) is 0. The molecule has 0 unspecified atom stereocenters. The van der Waals surface area contributed by atoms with Gasteiger partial charge in [0.2, 0.25) is 0 Å². The van der Waals surface area contributed by atoms with Gasteiger partial charge in [-0.2, -0.15) is 0 Å². The summed E-state index contributed by atoms with van der Waals surface area (Å²) in [5.41, 5.74) is 2.88. The van der Waals surface area contributed by atoms with Crippen molar-refractivity contribution >= 4 is 23.2 Å². The minimum Gasteiger partial charge on any atom is -0.455 e. The van der Waals surface area contributed by atoms with Crippen LogP contribution in [0.25, 0.3) is 10.6 Å². The van der Waals surface area contributed by atoms with Crippen LogP contribution in [0.5, 0.6) is 0 Å². The number of thiazole rings is 1. The zero-order valence-electron chi connectivity index (χ0n) is 15.9. The zero-order valence-corrected chi connectivity index (χ0v) is 16.7. The maximum absolute atomic E-state index is 12.0. The van der Waals surface area contributed by atoms with Gasteiger partial charge in [-0.25, -0.2) is 4.98 Å². The van der Waals surface area contributed by atoms with Gasteiger partial charge in [-0.1, -0.05) is 43.5 Å². The van der Waals surface area contributed by atoms with Crippen LogP contribution in [0.15, 0.2) is 29.6 Å². The molecule has 1 saturated carbocycles. The van der Waals surface area contributed by atoms with Gasteiger partial charge in [-0.15, -0.1) is 11.3 Å². The van der Waals surface area contributed by atoms with Gasteiger partial charge < -0.3 is 10.1 Å². The van der Waals surface area contributed by atoms with Crippen molar-refractivity contribution in [3.05, 3.63) is 40.9 Å². The molecular weight excluding hydrogens is 360 g/mol. The molecular formula is C21H26N2O3S. The number of aromatic nitrogens is 1. The number of aryl methyl sites for hydroxylation is 1. The summed E-state index contributed by atoms with van der Waals surface area (Å²) in [6.07, 6.45) is 4.58. The molecule has 5 nitrogen and oxygen atoms in total. The van der Waals surface area contributed by atoms with E-state index in [9.17, 15) is 9.59 Å². The van der Waals surface area contributed by atoms with Crippen LogP contribution >= 0.6 is 11.3 Å². The van der Waals surface area contributed by atoms with Crippen molar-refractivity contribution in [3.8, 4) is 10.6 Å². The molecule has 1 fully saturated rings. The Morgan fingerprint density at radius 1 is 1.30 bits per heavy atom. The lowest BCUT2D eigenvalue weighted by Gasteiger charge is -2.29. The fourth-order valence-corrected chi connectivity index (χ4v) is 4.24. The highest BCUT2D eigenvalue weighted by Crippen LogP contribution is 2.25. The maximum atomic E-state index is 12.0. The van der Waals surface area contributed by atoms with Gasteiger partial charge in [-0.05, 0) is 31.7 Å². The molecule has 0 saturated heterocycles. The first-order valence-corrected chi connectivity index (χ1v) is 10.4. The fraction of sp³-hybridized carbons (Fsp3) is 0.476. The molecule has 1 aliphatic carbocycles. The summed E-state index contributed by atoms with van der Waals surface area (Å²) in [5, 5.41) is 5.73. The fourth-order valence-electron chi connectivity index (χ4n) is 3.42. The second-order valence-electron chi connectivity index (χ2n) is 7.29. The van der Waals surface area contributed by atoms with Crippen molar-refractivity contribution in [2.45, 2.75) is 52.0 Å². The molecule has 1 aliphatic rings. The molecule has 2 atom stereocenters. The van der Waals surface area contributed by atoms with Crippen molar-refractivity contribution in [1.29, 1.82) is 0 Å². The Kier molecular flexibility index (Phi) is 6.61. The first-order valence-electron chi connectivity index (χ1n) is 9.47. The first-order chi connectivity index (χ1) is 13.0. The Hall–Kier alpha value is -2.21. The second kappa shape index (κ2) is 9.13. The van der Waals surface area contributed by atoms with Crippen molar-refractivity contribution in [2.75, 3.05) is 6.61 Å². The summed E-state index contributed by atoms with van der Waals surface area (Å²) in [4.78, 5) is 28.6. The van der Waals surface area contributed by atoms with Crippen molar-refractivity contribution in [3.63, 3.8) is 0 Å². The van der Waals surface area contributed by atoms with E-state index in [-0.39, 0.29) is 25.0 Å². The molecule has 1 aromatic heterocycles. The number of carbonyl (C=O) groups excluding carboxylic acids is 2. The quantitative estimate of drug-likeness (QED) is 0.765. The van der Waals surface area contributed by atoms with Crippen LogP contribution < -0.4 is 5.32 Å². The maximum Gasteiger partial charge on any atom is 0.312 e. The highest BCUT2D eigenvalue weighted by Gasteiger charge is 2.23. The molecule has 0 spiro atoms. The molecule has 6 heteroatoms. The number of benzene rings is 1. The Morgan fingerprint density at radius 2 is 2.11 bits per heavy atom. The molecule has 1 N–H and O–H groups in total. The van der Waals surface area contributed by atoms with Crippen molar-refractivity contribution in [2.24, 2.45) is 5.92 Å². The summed E-state index contributed by atoms with van der Waals surface area (Å²) >= 11 is 1.50. The van der Waals surface area contributed by atoms with Crippen LogP contribution in [0.1, 0.15) is 43.9 Å². The number of hydrogen-bond donors (Lipinski definition) is 1. The predicted octanol–water partition coefficient (Wildman–Crippen LogP) is 3.90. The Balaban J connectivity index is 1.46. The van der Waals surface area contributed by atoms with Gasteiger partial charge in [0.25, 0.3) is 5.91 Å². The van der Waals surface area contributed by atoms with Gasteiger partial charge >= 0.3 is 5.97 Å². The zero-order chi connectivity index (χ0) is 19.2.